The van der Waals surface area contributed by atoms with Crippen molar-refractivity contribution >= 4 is 40.7 Å². The van der Waals surface area contributed by atoms with Crippen molar-refractivity contribution in [2.45, 2.75) is 39.8 Å². The molecule has 1 aliphatic rings. The van der Waals surface area contributed by atoms with E-state index in [-0.39, 0.29) is 38.8 Å². The number of rotatable bonds is 10. The minimum absolute atomic E-state index is 0.0291. The Balaban J connectivity index is 2.17. The number of Topliss-reactive ketones (excluding diaryl/α,β-unsaturated/α-hetero) is 1. The highest BCUT2D eigenvalue weighted by atomic mass is 35.5. The SMILES string of the molecule is CCN(CC)CCN1C(=O)C(=O)/C(=C(/O)c2cc(Cl)c(OC)c(Cl)c2)C1c1cccc(OC(C)C)c1. The van der Waals surface area contributed by atoms with Crippen molar-refractivity contribution in [3.63, 3.8) is 0 Å². The van der Waals surface area contributed by atoms with Crippen LogP contribution in [0.4, 0.5) is 0 Å². The number of hydrogen-bond donors (Lipinski definition) is 1. The maximum absolute atomic E-state index is 13.3. The molecule has 1 amide bonds. The van der Waals surface area contributed by atoms with E-state index in [1.165, 1.54) is 24.1 Å². The molecule has 7 nitrogen and oxygen atoms in total. The fourth-order valence-corrected chi connectivity index (χ4v) is 4.96. The summed E-state index contributed by atoms with van der Waals surface area (Å²) in [6.07, 6.45) is -0.0575. The van der Waals surface area contributed by atoms with E-state index in [0.717, 1.165) is 13.1 Å². The Morgan fingerprint density at radius 1 is 1.11 bits per heavy atom. The van der Waals surface area contributed by atoms with Gasteiger partial charge in [0.25, 0.3) is 11.7 Å². The van der Waals surface area contributed by atoms with Gasteiger partial charge < -0.3 is 24.4 Å². The molecule has 36 heavy (non-hydrogen) atoms. The number of likely N-dealkylation sites (tertiary alicyclic amines) is 1. The summed E-state index contributed by atoms with van der Waals surface area (Å²) >= 11 is 12.6. The average Bonchev–Trinajstić information content (AvgIpc) is 3.08. The second-order valence-electron chi connectivity index (χ2n) is 8.73. The maximum Gasteiger partial charge on any atom is 0.295 e. The Kier molecular flexibility index (Phi) is 9.28. The Hall–Kier alpha value is -2.74. The van der Waals surface area contributed by atoms with Gasteiger partial charge in [-0.2, -0.15) is 0 Å². The highest BCUT2D eigenvalue weighted by Gasteiger charge is 2.46. The summed E-state index contributed by atoms with van der Waals surface area (Å²) in [5.41, 5.74) is 0.838. The lowest BCUT2D eigenvalue weighted by Crippen LogP contribution is -2.38. The molecule has 1 aliphatic heterocycles. The van der Waals surface area contributed by atoms with E-state index in [1.54, 1.807) is 12.1 Å². The molecular weight excluding hydrogens is 503 g/mol. The van der Waals surface area contributed by atoms with E-state index < -0.39 is 17.7 Å². The molecule has 0 saturated carbocycles. The van der Waals surface area contributed by atoms with Crippen LogP contribution < -0.4 is 9.47 Å². The number of ketones is 1. The number of carbonyl (C=O) groups excluding carboxylic acids is 2. The molecule has 3 rings (SSSR count). The van der Waals surface area contributed by atoms with Gasteiger partial charge in [-0.1, -0.05) is 49.2 Å². The van der Waals surface area contributed by atoms with E-state index >= 15 is 0 Å². The fourth-order valence-electron chi connectivity index (χ4n) is 4.32. The van der Waals surface area contributed by atoms with E-state index in [4.69, 9.17) is 32.7 Å². The number of aliphatic hydroxyl groups excluding tert-OH is 1. The number of benzene rings is 2. The van der Waals surface area contributed by atoms with E-state index in [0.29, 0.717) is 24.4 Å². The number of methoxy groups -OCH3 is 1. The van der Waals surface area contributed by atoms with Crippen LogP contribution in [0.2, 0.25) is 10.0 Å². The van der Waals surface area contributed by atoms with E-state index in [1.807, 2.05) is 39.8 Å². The minimum atomic E-state index is -0.809. The molecule has 1 unspecified atom stereocenters. The molecule has 1 heterocycles. The Labute approximate surface area is 222 Å². The molecular formula is C27H32Cl2N2O5. The first-order valence-electron chi connectivity index (χ1n) is 11.9. The van der Waals surface area contributed by atoms with E-state index in [2.05, 4.69) is 4.90 Å². The molecule has 0 spiro atoms. The second-order valence-corrected chi connectivity index (χ2v) is 9.55. The number of amides is 1. The predicted molar refractivity (Wildman–Crippen MR) is 142 cm³/mol. The molecule has 194 valence electrons. The van der Waals surface area contributed by atoms with Crippen LogP contribution in [0.1, 0.15) is 44.9 Å². The van der Waals surface area contributed by atoms with Crippen molar-refractivity contribution in [1.82, 2.24) is 9.80 Å². The quantitative estimate of drug-likeness (QED) is 0.244. The normalized spacial score (nSPS) is 17.4. The van der Waals surface area contributed by atoms with Crippen LogP contribution in [-0.4, -0.2) is 66.0 Å². The molecule has 2 aromatic carbocycles. The topological polar surface area (TPSA) is 79.3 Å². The van der Waals surface area contributed by atoms with Gasteiger partial charge in [0.05, 0.1) is 34.9 Å². The summed E-state index contributed by atoms with van der Waals surface area (Å²) in [6.45, 7) is 10.4. The number of aliphatic hydroxyl groups is 1. The molecule has 1 atom stereocenters. The zero-order valence-corrected chi connectivity index (χ0v) is 22.7. The Bertz CT molecular complexity index is 1140. The van der Waals surface area contributed by atoms with Gasteiger partial charge in [-0.05, 0) is 56.8 Å². The van der Waals surface area contributed by atoms with Crippen molar-refractivity contribution < 1.29 is 24.2 Å². The number of nitrogens with zero attached hydrogens (tertiary/aromatic N) is 2. The molecule has 0 bridgehead atoms. The lowest BCUT2D eigenvalue weighted by molar-refractivity contribution is -0.140. The Morgan fingerprint density at radius 3 is 2.31 bits per heavy atom. The summed E-state index contributed by atoms with van der Waals surface area (Å²) in [5, 5.41) is 11.7. The van der Waals surface area contributed by atoms with Gasteiger partial charge in [0, 0.05) is 18.7 Å². The van der Waals surface area contributed by atoms with Crippen molar-refractivity contribution in [1.29, 1.82) is 0 Å². The van der Waals surface area contributed by atoms with E-state index in [9.17, 15) is 14.7 Å². The second kappa shape index (κ2) is 12.0. The number of carbonyl (C=O) groups is 2. The van der Waals surface area contributed by atoms with Gasteiger partial charge >= 0.3 is 0 Å². The summed E-state index contributed by atoms with van der Waals surface area (Å²) in [6, 6.07) is 9.33. The molecule has 0 aliphatic carbocycles. The Morgan fingerprint density at radius 2 is 1.75 bits per heavy atom. The predicted octanol–water partition coefficient (Wildman–Crippen LogP) is 5.55. The monoisotopic (exact) mass is 534 g/mol. The molecule has 2 aromatic rings. The molecule has 9 heteroatoms. The molecule has 1 saturated heterocycles. The minimum Gasteiger partial charge on any atom is -0.507 e. The summed E-state index contributed by atoms with van der Waals surface area (Å²) in [7, 11) is 1.43. The molecule has 1 N–H and O–H groups in total. The number of hydrogen-bond acceptors (Lipinski definition) is 6. The lowest BCUT2D eigenvalue weighted by Gasteiger charge is -2.28. The van der Waals surface area contributed by atoms with Crippen molar-refractivity contribution in [3.8, 4) is 11.5 Å². The van der Waals surface area contributed by atoms with Crippen LogP contribution in [0.15, 0.2) is 42.0 Å². The number of halogens is 2. The summed E-state index contributed by atoms with van der Waals surface area (Å²) in [5.74, 6) is -0.938. The van der Waals surface area contributed by atoms with Gasteiger partial charge in [0.15, 0.2) is 5.75 Å². The van der Waals surface area contributed by atoms with Gasteiger partial charge in [-0.15, -0.1) is 0 Å². The third-order valence-corrected chi connectivity index (χ3v) is 6.67. The largest absolute Gasteiger partial charge is 0.507 e. The standard InChI is InChI=1S/C27H32Cl2N2O5/c1-6-30(7-2)11-12-31-23(17-9-8-10-19(13-17)36-16(3)4)22(25(33)27(31)34)24(32)18-14-20(28)26(35-5)21(29)15-18/h8-10,13-16,23,32H,6-7,11-12H2,1-5H3/b24-22+. The van der Waals surface area contributed by atoms with Crippen LogP contribution in [-0.2, 0) is 9.59 Å². The summed E-state index contributed by atoms with van der Waals surface area (Å²) in [4.78, 5) is 30.2. The van der Waals surface area contributed by atoms with Gasteiger partial charge in [-0.25, -0.2) is 0 Å². The lowest BCUT2D eigenvalue weighted by atomic mass is 9.95. The highest BCUT2D eigenvalue weighted by molar-refractivity contribution is 6.46. The molecule has 0 aromatic heterocycles. The van der Waals surface area contributed by atoms with Crippen molar-refractivity contribution in [2.75, 3.05) is 33.3 Å². The molecule has 1 fully saturated rings. The smallest absolute Gasteiger partial charge is 0.295 e. The fraction of sp³-hybridized carbons (Fsp3) is 0.407. The number of likely N-dealkylation sites (N-methyl/N-ethyl adjacent to an activating group) is 1. The van der Waals surface area contributed by atoms with Crippen LogP contribution in [0.5, 0.6) is 11.5 Å². The van der Waals surface area contributed by atoms with Crippen molar-refractivity contribution in [3.05, 3.63) is 63.1 Å². The zero-order chi connectivity index (χ0) is 26.6. The third kappa shape index (κ3) is 5.80. The third-order valence-electron chi connectivity index (χ3n) is 6.11. The average molecular weight is 535 g/mol. The van der Waals surface area contributed by atoms with Crippen LogP contribution >= 0.6 is 23.2 Å². The zero-order valence-electron chi connectivity index (χ0n) is 21.2. The van der Waals surface area contributed by atoms with Gasteiger partial charge in [-0.3, -0.25) is 9.59 Å². The van der Waals surface area contributed by atoms with Crippen LogP contribution in [0.25, 0.3) is 5.76 Å². The number of ether oxygens (including phenoxy) is 2. The highest BCUT2D eigenvalue weighted by Crippen LogP contribution is 2.42. The first-order chi connectivity index (χ1) is 17.1. The van der Waals surface area contributed by atoms with Crippen molar-refractivity contribution in [2.24, 2.45) is 0 Å². The van der Waals surface area contributed by atoms with Gasteiger partial charge in [0.2, 0.25) is 0 Å². The van der Waals surface area contributed by atoms with Crippen LogP contribution in [0.3, 0.4) is 0 Å². The van der Waals surface area contributed by atoms with Gasteiger partial charge in [0.1, 0.15) is 11.5 Å². The maximum atomic E-state index is 13.3. The van der Waals surface area contributed by atoms with Crippen LogP contribution in [0, 0.1) is 0 Å². The first kappa shape index (κ1) is 27.8. The summed E-state index contributed by atoms with van der Waals surface area (Å²) < 4.78 is 11.0. The first-order valence-corrected chi connectivity index (χ1v) is 12.7. The molecule has 0 radical (unpaired) electrons.